The first-order valence-corrected chi connectivity index (χ1v) is 6.09. The summed E-state index contributed by atoms with van der Waals surface area (Å²) in [5.74, 6) is 0.151. The summed E-state index contributed by atoms with van der Waals surface area (Å²) in [6, 6.07) is 0. The van der Waals surface area contributed by atoms with Crippen molar-refractivity contribution >= 4 is 17.9 Å². The van der Waals surface area contributed by atoms with Gasteiger partial charge in [0.15, 0.2) is 0 Å². The molecule has 0 radical (unpaired) electrons. The van der Waals surface area contributed by atoms with E-state index >= 15 is 0 Å². The van der Waals surface area contributed by atoms with E-state index in [1.54, 1.807) is 0 Å². The Kier molecular flexibility index (Phi) is 5.23. The van der Waals surface area contributed by atoms with Gasteiger partial charge in [-0.05, 0) is 25.9 Å². The molecule has 76 valence electrons. The highest BCUT2D eigenvalue weighted by molar-refractivity contribution is 7.97. The molecular weight excluding hydrogens is 184 g/mol. The van der Waals surface area contributed by atoms with Gasteiger partial charge in [-0.15, -0.1) is 0 Å². The molecule has 1 N–H and O–H groups in total. The molecule has 1 amide bonds. The number of piperidine rings is 1. The zero-order chi connectivity index (χ0) is 9.52. The van der Waals surface area contributed by atoms with Crippen LogP contribution in [0.5, 0.6) is 0 Å². The Morgan fingerprint density at radius 3 is 2.69 bits per heavy atom. The van der Waals surface area contributed by atoms with Gasteiger partial charge in [0, 0.05) is 19.2 Å². The number of carbonyl (C=O) groups excluding carboxylic acids is 1. The zero-order valence-corrected chi connectivity index (χ0v) is 9.03. The summed E-state index contributed by atoms with van der Waals surface area (Å²) in [6.45, 7) is 3.27. The summed E-state index contributed by atoms with van der Waals surface area (Å²) in [4.78, 5) is 13.5. The summed E-state index contributed by atoms with van der Waals surface area (Å²) in [5, 5.41) is 0. The minimum atomic E-state index is 0.151. The van der Waals surface area contributed by atoms with Crippen LogP contribution in [-0.4, -0.2) is 36.7 Å². The van der Waals surface area contributed by atoms with Crippen LogP contribution in [0.4, 0.5) is 0 Å². The lowest BCUT2D eigenvalue weighted by Gasteiger charge is -2.25. The molecule has 0 aromatic rings. The van der Waals surface area contributed by atoms with Gasteiger partial charge in [0.2, 0.25) is 5.91 Å². The Morgan fingerprint density at radius 2 is 2.08 bits per heavy atom. The number of nitrogens with zero attached hydrogens (tertiary/aromatic N) is 1. The summed E-state index contributed by atoms with van der Waals surface area (Å²) >= 11 is 1.38. The number of nitrogens with one attached hydrogen (secondary N) is 1. The molecule has 0 saturated carbocycles. The van der Waals surface area contributed by atoms with E-state index in [0.717, 1.165) is 6.54 Å². The molecule has 1 fully saturated rings. The molecule has 4 heteroatoms. The van der Waals surface area contributed by atoms with Crippen molar-refractivity contribution < 1.29 is 4.79 Å². The van der Waals surface area contributed by atoms with Crippen molar-refractivity contribution in [2.45, 2.75) is 25.7 Å². The lowest BCUT2D eigenvalue weighted by atomic mass is 10.1. The van der Waals surface area contributed by atoms with Crippen LogP contribution in [0.3, 0.4) is 0 Å². The Balaban J connectivity index is 2.06. The Morgan fingerprint density at radius 1 is 1.38 bits per heavy atom. The maximum Gasteiger partial charge on any atom is 0.231 e. The minimum absolute atomic E-state index is 0.151. The van der Waals surface area contributed by atoms with Gasteiger partial charge in [-0.1, -0.05) is 18.4 Å². The van der Waals surface area contributed by atoms with Gasteiger partial charge in [-0.25, -0.2) is 0 Å². The van der Waals surface area contributed by atoms with E-state index in [0.29, 0.717) is 6.42 Å². The number of rotatable bonds is 4. The molecule has 1 heterocycles. The number of likely N-dealkylation sites (tertiary alicyclic amines) is 1. The highest BCUT2D eigenvalue weighted by Crippen LogP contribution is 2.08. The molecule has 0 atom stereocenters. The summed E-state index contributed by atoms with van der Waals surface area (Å²) in [7, 11) is 0. The standard InChI is InChI=1S/C9H18N2OS/c1-13-10-9(12)5-8-11-6-3-2-4-7-11/h2-8H2,1H3,(H,10,12). The van der Waals surface area contributed by atoms with Crippen molar-refractivity contribution in [1.29, 1.82) is 0 Å². The van der Waals surface area contributed by atoms with Gasteiger partial charge in [0.1, 0.15) is 0 Å². The van der Waals surface area contributed by atoms with Crippen LogP contribution in [0.15, 0.2) is 0 Å². The van der Waals surface area contributed by atoms with Crippen molar-refractivity contribution in [1.82, 2.24) is 9.62 Å². The highest BCUT2D eigenvalue weighted by Gasteiger charge is 2.10. The lowest BCUT2D eigenvalue weighted by molar-refractivity contribution is -0.119. The highest BCUT2D eigenvalue weighted by atomic mass is 32.2. The largest absolute Gasteiger partial charge is 0.303 e. The van der Waals surface area contributed by atoms with Crippen LogP contribution >= 0.6 is 11.9 Å². The number of carbonyl (C=O) groups is 1. The topological polar surface area (TPSA) is 32.3 Å². The molecule has 0 bridgehead atoms. The third-order valence-electron chi connectivity index (χ3n) is 2.32. The Bertz CT molecular complexity index is 158. The average Bonchev–Trinajstić information content (AvgIpc) is 2.17. The predicted molar refractivity (Wildman–Crippen MR) is 56.6 cm³/mol. The zero-order valence-electron chi connectivity index (χ0n) is 8.21. The predicted octanol–water partition coefficient (Wildman–Crippen LogP) is 1.26. The minimum Gasteiger partial charge on any atom is -0.303 e. The maximum atomic E-state index is 11.1. The normalized spacial score (nSPS) is 18.5. The Hall–Kier alpha value is -0.220. The second-order valence-corrected chi connectivity index (χ2v) is 3.99. The van der Waals surface area contributed by atoms with Gasteiger partial charge in [0.05, 0.1) is 0 Å². The van der Waals surface area contributed by atoms with Crippen LogP contribution in [0.1, 0.15) is 25.7 Å². The number of hydrogen-bond acceptors (Lipinski definition) is 3. The monoisotopic (exact) mass is 202 g/mol. The second kappa shape index (κ2) is 6.27. The van der Waals surface area contributed by atoms with Crippen LogP contribution in [-0.2, 0) is 4.79 Å². The van der Waals surface area contributed by atoms with Crippen molar-refractivity contribution in [3.05, 3.63) is 0 Å². The molecule has 3 nitrogen and oxygen atoms in total. The van der Waals surface area contributed by atoms with Crippen LogP contribution < -0.4 is 4.72 Å². The van der Waals surface area contributed by atoms with Gasteiger partial charge in [0.25, 0.3) is 0 Å². The first-order chi connectivity index (χ1) is 6.33. The number of hydrogen-bond donors (Lipinski definition) is 1. The summed E-state index contributed by atoms with van der Waals surface area (Å²) in [6.07, 6.45) is 6.46. The maximum absolute atomic E-state index is 11.1. The summed E-state index contributed by atoms with van der Waals surface area (Å²) in [5.41, 5.74) is 0. The molecule has 0 spiro atoms. The van der Waals surface area contributed by atoms with Gasteiger partial charge < -0.3 is 9.62 Å². The van der Waals surface area contributed by atoms with E-state index in [1.807, 2.05) is 6.26 Å². The average molecular weight is 202 g/mol. The van der Waals surface area contributed by atoms with Gasteiger partial charge in [-0.2, -0.15) is 0 Å². The van der Waals surface area contributed by atoms with E-state index in [2.05, 4.69) is 9.62 Å². The van der Waals surface area contributed by atoms with Crippen molar-refractivity contribution in [3.63, 3.8) is 0 Å². The molecule has 0 aromatic carbocycles. The van der Waals surface area contributed by atoms with Crippen molar-refractivity contribution in [2.75, 3.05) is 25.9 Å². The third-order valence-corrected chi connectivity index (χ3v) is 2.75. The van der Waals surface area contributed by atoms with Crippen molar-refractivity contribution in [2.24, 2.45) is 0 Å². The van der Waals surface area contributed by atoms with E-state index in [4.69, 9.17) is 0 Å². The fourth-order valence-electron chi connectivity index (χ4n) is 1.61. The first-order valence-electron chi connectivity index (χ1n) is 4.87. The molecule has 1 aliphatic heterocycles. The molecular formula is C9H18N2OS. The van der Waals surface area contributed by atoms with E-state index in [1.165, 1.54) is 44.3 Å². The van der Waals surface area contributed by atoms with E-state index in [-0.39, 0.29) is 5.91 Å². The molecule has 1 aliphatic rings. The molecule has 0 aromatic heterocycles. The molecule has 13 heavy (non-hydrogen) atoms. The van der Waals surface area contributed by atoms with Crippen molar-refractivity contribution in [3.8, 4) is 0 Å². The SMILES string of the molecule is CSNC(=O)CCN1CCCCC1. The van der Waals surface area contributed by atoms with Gasteiger partial charge in [-0.3, -0.25) is 4.79 Å². The molecule has 1 rings (SSSR count). The fourth-order valence-corrected chi connectivity index (χ4v) is 1.94. The third kappa shape index (κ3) is 4.52. The Labute approximate surface area is 84.4 Å². The number of amides is 1. The quantitative estimate of drug-likeness (QED) is 0.697. The lowest BCUT2D eigenvalue weighted by Crippen LogP contribution is -2.33. The fraction of sp³-hybridized carbons (Fsp3) is 0.889. The first kappa shape index (κ1) is 10.9. The smallest absolute Gasteiger partial charge is 0.231 e. The molecule has 0 unspecified atom stereocenters. The van der Waals surface area contributed by atoms with E-state index in [9.17, 15) is 4.79 Å². The van der Waals surface area contributed by atoms with E-state index < -0.39 is 0 Å². The van der Waals surface area contributed by atoms with Crippen LogP contribution in [0.25, 0.3) is 0 Å². The van der Waals surface area contributed by atoms with Crippen LogP contribution in [0, 0.1) is 0 Å². The molecule has 0 aliphatic carbocycles. The summed E-state index contributed by atoms with van der Waals surface area (Å²) < 4.78 is 2.74. The van der Waals surface area contributed by atoms with Crippen LogP contribution in [0.2, 0.25) is 0 Å². The second-order valence-electron chi connectivity index (χ2n) is 3.38. The molecule has 1 saturated heterocycles. The van der Waals surface area contributed by atoms with Gasteiger partial charge >= 0.3 is 0 Å².